The van der Waals surface area contributed by atoms with E-state index in [1.54, 1.807) is 24.2 Å². The molecular formula is C15H15NOS. The monoisotopic (exact) mass is 257 g/mol. The topological polar surface area (TPSA) is 33.1 Å². The number of aliphatic hydroxyl groups is 1. The van der Waals surface area contributed by atoms with Crippen LogP contribution in [0.15, 0.2) is 53.7 Å². The van der Waals surface area contributed by atoms with Crippen LogP contribution in [0.2, 0.25) is 0 Å². The fraction of sp³-hybridized carbons (Fsp3) is 0.267. The number of rotatable bonds is 3. The summed E-state index contributed by atoms with van der Waals surface area (Å²) >= 11 is 1.80. The van der Waals surface area contributed by atoms with Crippen molar-refractivity contribution in [2.75, 3.05) is 0 Å². The van der Waals surface area contributed by atoms with Crippen LogP contribution in [0.4, 0.5) is 0 Å². The molecule has 0 saturated heterocycles. The molecule has 0 fully saturated rings. The molecule has 2 atom stereocenters. The van der Waals surface area contributed by atoms with Gasteiger partial charge in [-0.25, -0.2) is 0 Å². The Hall–Kier alpha value is -1.32. The molecule has 1 aliphatic rings. The highest BCUT2D eigenvalue weighted by Gasteiger charge is 2.27. The molecule has 2 aromatic rings. The third-order valence-corrected chi connectivity index (χ3v) is 4.73. The molecule has 3 rings (SSSR count). The number of thioether (sulfide) groups is 1. The molecular weight excluding hydrogens is 242 g/mol. The quantitative estimate of drug-likeness (QED) is 0.917. The van der Waals surface area contributed by atoms with Crippen LogP contribution < -0.4 is 0 Å². The van der Waals surface area contributed by atoms with Crippen molar-refractivity contribution in [3.05, 3.63) is 59.9 Å². The van der Waals surface area contributed by atoms with E-state index in [0.717, 1.165) is 12.0 Å². The number of hydrogen-bond acceptors (Lipinski definition) is 3. The van der Waals surface area contributed by atoms with Gasteiger partial charge in [-0.2, -0.15) is 0 Å². The van der Waals surface area contributed by atoms with Gasteiger partial charge >= 0.3 is 0 Å². The van der Waals surface area contributed by atoms with Crippen molar-refractivity contribution in [2.45, 2.75) is 29.1 Å². The van der Waals surface area contributed by atoms with Gasteiger partial charge in [-0.3, -0.25) is 4.98 Å². The standard InChI is InChI=1S/C15H15NOS/c17-13(9-11-5-7-16-8-6-11)15-10-12-3-1-2-4-14(12)18-15/h1-8,13,15,17H,9-10H2. The van der Waals surface area contributed by atoms with E-state index in [1.807, 2.05) is 12.1 Å². The highest BCUT2D eigenvalue weighted by molar-refractivity contribution is 8.00. The predicted octanol–water partition coefficient (Wildman–Crippen LogP) is 2.70. The van der Waals surface area contributed by atoms with Gasteiger partial charge in [-0.15, -0.1) is 11.8 Å². The Morgan fingerprint density at radius 3 is 2.78 bits per heavy atom. The van der Waals surface area contributed by atoms with Gasteiger partial charge in [-0.05, 0) is 42.2 Å². The number of nitrogens with zero attached hydrogens (tertiary/aromatic N) is 1. The van der Waals surface area contributed by atoms with Crippen LogP contribution in [0.5, 0.6) is 0 Å². The normalized spacial score (nSPS) is 19.5. The largest absolute Gasteiger partial charge is 0.392 e. The minimum Gasteiger partial charge on any atom is -0.392 e. The maximum Gasteiger partial charge on any atom is 0.0705 e. The molecule has 0 saturated carbocycles. The van der Waals surface area contributed by atoms with Gasteiger partial charge in [0.25, 0.3) is 0 Å². The van der Waals surface area contributed by atoms with Gasteiger partial charge in [0.15, 0.2) is 0 Å². The highest BCUT2D eigenvalue weighted by Crippen LogP contribution is 2.38. The molecule has 2 nitrogen and oxygen atoms in total. The molecule has 1 aromatic carbocycles. The molecule has 92 valence electrons. The first-order chi connectivity index (χ1) is 8.83. The van der Waals surface area contributed by atoms with Crippen molar-refractivity contribution in [1.82, 2.24) is 4.98 Å². The van der Waals surface area contributed by atoms with E-state index in [2.05, 4.69) is 29.2 Å². The molecule has 0 bridgehead atoms. The lowest BCUT2D eigenvalue weighted by Gasteiger charge is -2.16. The Morgan fingerprint density at radius 1 is 1.22 bits per heavy atom. The van der Waals surface area contributed by atoms with Crippen molar-refractivity contribution in [1.29, 1.82) is 0 Å². The van der Waals surface area contributed by atoms with Gasteiger partial charge in [-0.1, -0.05) is 18.2 Å². The molecule has 1 aromatic heterocycles. The number of benzene rings is 1. The summed E-state index contributed by atoms with van der Waals surface area (Å²) in [5, 5.41) is 10.6. The fourth-order valence-electron chi connectivity index (χ4n) is 2.32. The van der Waals surface area contributed by atoms with Crippen LogP contribution in [0.1, 0.15) is 11.1 Å². The van der Waals surface area contributed by atoms with Gasteiger partial charge in [0.05, 0.1) is 6.10 Å². The summed E-state index contributed by atoms with van der Waals surface area (Å²) in [5.74, 6) is 0. The van der Waals surface area contributed by atoms with Gasteiger partial charge in [0.2, 0.25) is 0 Å². The smallest absolute Gasteiger partial charge is 0.0705 e. The van der Waals surface area contributed by atoms with Crippen molar-refractivity contribution in [3.63, 3.8) is 0 Å². The lowest BCUT2D eigenvalue weighted by molar-refractivity contribution is 0.172. The van der Waals surface area contributed by atoms with E-state index in [4.69, 9.17) is 0 Å². The maximum atomic E-state index is 10.3. The average Bonchev–Trinajstić information content (AvgIpc) is 2.84. The number of aromatic nitrogens is 1. The molecule has 0 radical (unpaired) electrons. The van der Waals surface area contributed by atoms with E-state index in [1.165, 1.54) is 10.5 Å². The Kier molecular flexibility index (Phi) is 3.35. The Bertz CT molecular complexity index is 504. The lowest BCUT2D eigenvalue weighted by atomic mass is 10.0. The number of hydrogen-bond donors (Lipinski definition) is 1. The van der Waals surface area contributed by atoms with E-state index < -0.39 is 0 Å². The van der Waals surface area contributed by atoms with Crippen LogP contribution in [0.3, 0.4) is 0 Å². The van der Waals surface area contributed by atoms with Crippen LogP contribution in [0, 0.1) is 0 Å². The molecule has 2 heterocycles. The summed E-state index contributed by atoms with van der Waals surface area (Å²) in [6, 6.07) is 12.4. The zero-order valence-corrected chi connectivity index (χ0v) is 10.8. The van der Waals surface area contributed by atoms with Crippen LogP contribution >= 0.6 is 11.8 Å². The Labute approximate surface area is 111 Å². The third kappa shape index (κ3) is 2.42. The second-order valence-electron chi connectivity index (χ2n) is 4.60. The average molecular weight is 257 g/mol. The molecule has 0 amide bonds. The molecule has 1 aliphatic heterocycles. The summed E-state index contributed by atoms with van der Waals surface area (Å²) in [6.45, 7) is 0. The molecule has 1 N–H and O–H groups in total. The van der Waals surface area contributed by atoms with Crippen molar-refractivity contribution in [2.24, 2.45) is 0 Å². The van der Waals surface area contributed by atoms with Gasteiger partial charge < -0.3 is 5.11 Å². The van der Waals surface area contributed by atoms with Crippen molar-refractivity contribution in [3.8, 4) is 0 Å². The summed E-state index contributed by atoms with van der Waals surface area (Å²) in [6.07, 6.45) is 4.92. The first-order valence-corrected chi connectivity index (χ1v) is 7.02. The highest BCUT2D eigenvalue weighted by atomic mass is 32.2. The first kappa shape index (κ1) is 11.8. The second-order valence-corrected chi connectivity index (χ2v) is 5.88. The first-order valence-electron chi connectivity index (χ1n) is 6.14. The number of fused-ring (bicyclic) bond motifs is 1. The molecule has 0 spiro atoms. The van der Waals surface area contributed by atoms with Crippen LogP contribution in [-0.2, 0) is 12.8 Å². The summed E-state index contributed by atoms with van der Waals surface area (Å²) in [5.41, 5.74) is 2.51. The van der Waals surface area contributed by atoms with Crippen molar-refractivity contribution >= 4 is 11.8 Å². The summed E-state index contributed by atoms with van der Waals surface area (Å²) < 4.78 is 0. The molecule has 2 unspecified atom stereocenters. The molecule has 18 heavy (non-hydrogen) atoms. The van der Waals surface area contributed by atoms with Gasteiger partial charge in [0.1, 0.15) is 0 Å². The second kappa shape index (κ2) is 5.12. The van der Waals surface area contributed by atoms with Crippen LogP contribution in [-0.4, -0.2) is 21.4 Å². The zero-order chi connectivity index (χ0) is 12.4. The van der Waals surface area contributed by atoms with E-state index in [9.17, 15) is 5.11 Å². The van der Waals surface area contributed by atoms with E-state index >= 15 is 0 Å². The Balaban J connectivity index is 1.67. The molecule has 3 heteroatoms. The van der Waals surface area contributed by atoms with E-state index in [0.29, 0.717) is 6.42 Å². The SMILES string of the molecule is OC(Cc1ccncc1)C1Cc2ccccc2S1. The molecule has 0 aliphatic carbocycles. The Morgan fingerprint density at radius 2 is 2.00 bits per heavy atom. The lowest BCUT2D eigenvalue weighted by Crippen LogP contribution is -2.24. The summed E-state index contributed by atoms with van der Waals surface area (Å²) in [4.78, 5) is 5.31. The van der Waals surface area contributed by atoms with E-state index in [-0.39, 0.29) is 11.4 Å². The number of pyridine rings is 1. The summed E-state index contributed by atoms with van der Waals surface area (Å²) in [7, 11) is 0. The predicted molar refractivity (Wildman–Crippen MR) is 73.7 cm³/mol. The maximum absolute atomic E-state index is 10.3. The fourth-order valence-corrected chi connectivity index (χ4v) is 3.62. The number of aliphatic hydroxyl groups excluding tert-OH is 1. The van der Waals surface area contributed by atoms with Crippen LogP contribution in [0.25, 0.3) is 0 Å². The minimum absolute atomic E-state index is 0.274. The third-order valence-electron chi connectivity index (χ3n) is 3.30. The zero-order valence-electron chi connectivity index (χ0n) is 9.99. The minimum atomic E-state index is -0.301. The van der Waals surface area contributed by atoms with Crippen molar-refractivity contribution < 1.29 is 5.11 Å². The van der Waals surface area contributed by atoms with Gasteiger partial charge in [0, 0.05) is 22.5 Å².